The lowest BCUT2D eigenvalue weighted by Crippen LogP contribution is -2.47. The average molecular weight is 404 g/mol. The molecule has 0 amide bonds. The molecule has 4 saturated carbocycles. The highest BCUT2D eigenvalue weighted by Crippen LogP contribution is 2.61. The van der Waals surface area contributed by atoms with Crippen LogP contribution in [0.2, 0.25) is 0 Å². The van der Waals surface area contributed by atoms with Gasteiger partial charge in [-0.1, -0.05) is 50.2 Å². The van der Waals surface area contributed by atoms with Gasteiger partial charge in [-0.2, -0.15) is 0 Å². The molecule has 158 valence electrons. The third-order valence-electron chi connectivity index (χ3n) is 8.21. The quantitative estimate of drug-likeness (QED) is 0.380. The molecule has 1 atom stereocenters. The molecule has 2 aromatic carbocycles. The summed E-state index contributed by atoms with van der Waals surface area (Å²) in [4.78, 5) is 10.7. The van der Waals surface area contributed by atoms with E-state index in [1.807, 2.05) is 12.1 Å². The molecule has 0 N–H and O–H groups in total. The van der Waals surface area contributed by atoms with Crippen molar-refractivity contribution < 1.29 is 4.92 Å². The lowest BCUT2D eigenvalue weighted by molar-refractivity contribution is -0.384. The van der Waals surface area contributed by atoms with Gasteiger partial charge >= 0.3 is 0 Å². The lowest BCUT2D eigenvalue weighted by atomic mass is 9.48. The van der Waals surface area contributed by atoms with Crippen LogP contribution in [0, 0.1) is 39.2 Å². The summed E-state index contributed by atoms with van der Waals surface area (Å²) in [7, 11) is 0. The Morgan fingerprint density at radius 2 is 1.33 bits per heavy atom. The molecule has 0 spiro atoms. The van der Waals surface area contributed by atoms with Gasteiger partial charge in [0.2, 0.25) is 0 Å². The molecule has 1 unspecified atom stereocenters. The topological polar surface area (TPSA) is 43.1 Å². The largest absolute Gasteiger partial charge is 0.269 e. The number of nitro benzene ring substituents is 1. The molecule has 0 aromatic heterocycles. The second-order valence-electron chi connectivity index (χ2n) is 10.9. The van der Waals surface area contributed by atoms with Crippen LogP contribution in [0.1, 0.15) is 75.0 Å². The van der Waals surface area contributed by atoms with Gasteiger partial charge in [0.25, 0.3) is 5.69 Å². The second kappa shape index (κ2) is 7.51. The van der Waals surface area contributed by atoms with Gasteiger partial charge < -0.3 is 0 Å². The number of non-ortho nitro benzene ring substituents is 1. The number of benzene rings is 2. The fraction of sp³-hybridized carbons (Fsp3) is 0.556. The Hall–Kier alpha value is -2.16. The van der Waals surface area contributed by atoms with Crippen LogP contribution in [-0.4, -0.2) is 4.92 Å². The summed E-state index contributed by atoms with van der Waals surface area (Å²) in [5, 5.41) is 11.0. The van der Waals surface area contributed by atoms with Gasteiger partial charge in [0.15, 0.2) is 0 Å². The van der Waals surface area contributed by atoms with Crippen molar-refractivity contribution in [3.05, 3.63) is 75.3 Å². The van der Waals surface area contributed by atoms with E-state index in [1.165, 1.54) is 56.1 Å². The summed E-state index contributed by atoms with van der Waals surface area (Å²) in [5.41, 5.74) is 4.70. The van der Waals surface area contributed by atoms with Crippen LogP contribution in [-0.2, 0) is 6.42 Å². The molecular weight excluding hydrogens is 370 g/mol. The smallest absolute Gasteiger partial charge is 0.258 e. The Morgan fingerprint density at radius 1 is 0.867 bits per heavy atom. The highest BCUT2D eigenvalue weighted by Gasteiger charge is 2.50. The van der Waals surface area contributed by atoms with Crippen molar-refractivity contribution >= 4 is 5.69 Å². The van der Waals surface area contributed by atoms with Crippen LogP contribution in [0.25, 0.3) is 0 Å². The molecule has 4 bridgehead atoms. The van der Waals surface area contributed by atoms with Crippen molar-refractivity contribution in [1.82, 2.24) is 0 Å². The molecule has 4 aliphatic carbocycles. The van der Waals surface area contributed by atoms with Crippen LogP contribution < -0.4 is 0 Å². The summed E-state index contributed by atoms with van der Waals surface area (Å²) >= 11 is 0. The van der Waals surface area contributed by atoms with Gasteiger partial charge in [-0.3, -0.25) is 10.1 Å². The lowest BCUT2D eigenvalue weighted by Gasteiger charge is -2.57. The van der Waals surface area contributed by atoms with Crippen LogP contribution in [0.3, 0.4) is 0 Å². The zero-order chi connectivity index (χ0) is 20.9. The van der Waals surface area contributed by atoms with Crippen LogP contribution >= 0.6 is 0 Å². The maximum Gasteiger partial charge on any atom is 0.269 e. The molecule has 4 fully saturated rings. The van der Waals surface area contributed by atoms with Gasteiger partial charge in [-0.25, -0.2) is 0 Å². The van der Waals surface area contributed by atoms with E-state index in [9.17, 15) is 10.1 Å². The summed E-state index contributed by atoms with van der Waals surface area (Å²) in [5.74, 6) is 3.70. The molecule has 6 rings (SSSR count). The first-order valence-electron chi connectivity index (χ1n) is 11.7. The molecule has 3 heteroatoms. The number of hydrogen-bond acceptors (Lipinski definition) is 2. The van der Waals surface area contributed by atoms with Gasteiger partial charge in [0.05, 0.1) is 4.92 Å². The van der Waals surface area contributed by atoms with Crippen molar-refractivity contribution in [3.63, 3.8) is 0 Å². The number of nitrogens with zero attached hydrogens (tertiary/aromatic N) is 1. The van der Waals surface area contributed by atoms with E-state index in [2.05, 4.69) is 38.1 Å². The van der Waals surface area contributed by atoms with E-state index in [4.69, 9.17) is 0 Å². The van der Waals surface area contributed by atoms with Gasteiger partial charge in [0, 0.05) is 18.1 Å². The molecule has 0 heterocycles. The minimum Gasteiger partial charge on any atom is -0.258 e. The molecule has 2 aromatic rings. The third kappa shape index (κ3) is 3.68. The zero-order valence-electron chi connectivity index (χ0n) is 18.2. The minimum absolute atomic E-state index is 0.159. The van der Waals surface area contributed by atoms with Crippen LogP contribution in [0.4, 0.5) is 5.69 Å². The molecule has 3 nitrogen and oxygen atoms in total. The summed E-state index contributed by atoms with van der Waals surface area (Å²) < 4.78 is 0. The van der Waals surface area contributed by atoms with Crippen molar-refractivity contribution in [3.8, 4) is 0 Å². The highest BCUT2D eigenvalue weighted by atomic mass is 16.6. The summed E-state index contributed by atoms with van der Waals surface area (Å²) in [6.45, 7) is 4.46. The molecule has 0 radical (unpaired) electrons. The Morgan fingerprint density at radius 3 is 1.77 bits per heavy atom. The first-order valence-corrected chi connectivity index (χ1v) is 11.7. The number of hydrogen-bond donors (Lipinski definition) is 0. The molecule has 30 heavy (non-hydrogen) atoms. The van der Waals surface area contributed by atoms with E-state index in [1.54, 1.807) is 12.1 Å². The Bertz CT molecular complexity index is 878. The van der Waals surface area contributed by atoms with E-state index in [-0.39, 0.29) is 16.5 Å². The van der Waals surface area contributed by atoms with Crippen molar-refractivity contribution in [2.24, 2.45) is 29.1 Å². The van der Waals surface area contributed by atoms with E-state index < -0.39 is 0 Å². The maximum atomic E-state index is 11.0. The monoisotopic (exact) mass is 403 g/mol. The second-order valence-corrected chi connectivity index (χ2v) is 10.9. The fourth-order valence-electron chi connectivity index (χ4n) is 7.55. The minimum atomic E-state index is -0.326. The molecular formula is C27H33NO2. The molecule has 4 aliphatic rings. The van der Waals surface area contributed by atoms with E-state index >= 15 is 0 Å². The van der Waals surface area contributed by atoms with E-state index in [0.717, 1.165) is 23.3 Å². The van der Waals surface area contributed by atoms with Crippen molar-refractivity contribution in [2.75, 3.05) is 0 Å². The highest BCUT2D eigenvalue weighted by molar-refractivity contribution is 5.40. The van der Waals surface area contributed by atoms with Gasteiger partial charge in [-0.05, 0) is 90.7 Å². The fourth-order valence-corrected chi connectivity index (χ4v) is 7.55. The molecule has 0 aliphatic heterocycles. The van der Waals surface area contributed by atoms with Gasteiger partial charge in [-0.15, -0.1) is 0 Å². The standard InChI is InChI=1S/C27H33NO2/c1-18(2)26(24-7-9-25(10-8-24)28(29)30)23-5-3-19(4-6-23)14-27-15-20-11-21(16-27)13-22(12-20)17-27/h3-10,18,20-22,26H,11-17H2,1-2H3. The number of nitro groups is 1. The first kappa shape index (κ1) is 19.8. The van der Waals surface area contributed by atoms with E-state index in [0.29, 0.717) is 11.3 Å². The SMILES string of the molecule is CC(C)C(c1ccc(CC23CC4CC(CC(C4)C2)C3)cc1)c1ccc([N+](=O)[O-])cc1. The van der Waals surface area contributed by atoms with Crippen molar-refractivity contribution in [1.29, 1.82) is 0 Å². The number of rotatable bonds is 6. The summed E-state index contributed by atoms with van der Waals surface area (Å²) in [6, 6.07) is 16.4. The van der Waals surface area contributed by atoms with Gasteiger partial charge in [0.1, 0.15) is 0 Å². The maximum absolute atomic E-state index is 11.0. The zero-order valence-corrected chi connectivity index (χ0v) is 18.2. The van der Waals surface area contributed by atoms with Crippen molar-refractivity contribution in [2.45, 2.75) is 64.7 Å². The predicted molar refractivity (Wildman–Crippen MR) is 121 cm³/mol. The Kier molecular flexibility index (Phi) is 4.95. The predicted octanol–water partition coefficient (Wildman–Crippen LogP) is 7.14. The third-order valence-corrected chi connectivity index (χ3v) is 8.21. The average Bonchev–Trinajstić information content (AvgIpc) is 2.68. The normalized spacial score (nSPS) is 30.6. The summed E-state index contributed by atoms with van der Waals surface area (Å²) in [6.07, 6.45) is 10.1. The first-order chi connectivity index (χ1) is 14.4. The Balaban J connectivity index is 1.35. The molecule has 0 saturated heterocycles. The van der Waals surface area contributed by atoms with Crippen LogP contribution in [0.5, 0.6) is 0 Å². The Labute approximate surface area is 180 Å². The van der Waals surface area contributed by atoms with Crippen LogP contribution in [0.15, 0.2) is 48.5 Å².